The number of phosphoric ester groups is 1. The Labute approximate surface area is 90.2 Å². The first-order chi connectivity index (χ1) is 7.13. The lowest BCUT2D eigenvalue weighted by Crippen LogP contribution is -2.43. The fraction of sp³-hybridized carbons (Fsp3) is 0.833. The van der Waals surface area contributed by atoms with Gasteiger partial charge in [-0.25, -0.2) is 0 Å². The van der Waals surface area contributed by atoms with Gasteiger partial charge < -0.3 is 44.1 Å². The normalized spacial score (nSPS) is 17.8. The maximum absolute atomic E-state index is 10.0. The Morgan fingerprint density at radius 2 is 1.75 bits per heavy atom. The molecule has 3 atom stereocenters. The van der Waals surface area contributed by atoms with Crippen molar-refractivity contribution in [2.75, 3.05) is 6.61 Å². The minimum atomic E-state index is -5.30. The van der Waals surface area contributed by atoms with Crippen molar-refractivity contribution in [2.24, 2.45) is 0 Å². The van der Waals surface area contributed by atoms with E-state index in [2.05, 4.69) is 4.52 Å². The first-order valence-electron chi connectivity index (χ1n) is 4.04. The van der Waals surface area contributed by atoms with Gasteiger partial charge >= 0.3 is 0 Å². The zero-order chi connectivity index (χ0) is 12.9. The molecule has 0 aliphatic heterocycles. The zero-order valence-corrected chi connectivity index (χ0v) is 8.78. The van der Waals surface area contributed by atoms with Gasteiger partial charge in [-0.15, -0.1) is 0 Å². The van der Waals surface area contributed by atoms with E-state index in [1.54, 1.807) is 0 Å². The van der Waals surface area contributed by atoms with Gasteiger partial charge in [0.1, 0.15) is 12.2 Å². The van der Waals surface area contributed by atoms with Crippen LogP contribution < -0.4 is 14.9 Å². The highest BCUT2D eigenvalue weighted by Gasteiger charge is 2.25. The molecule has 0 aliphatic rings. The first-order valence-corrected chi connectivity index (χ1v) is 5.50. The number of carboxylic acid groups (broad SMARTS) is 1. The summed E-state index contributed by atoms with van der Waals surface area (Å²) in [5, 5.41) is 37.1. The van der Waals surface area contributed by atoms with Gasteiger partial charge in [0.2, 0.25) is 0 Å². The van der Waals surface area contributed by atoms with Crippen molar-refractivity contribution in [1.29, 1.82) is 0 Å². The van der Waals surface area contributed by atoms with Gasteiger partial charge in [-0.2, -0.15) is 0 Å². The Morgan fingerprint density at radius 1 is 1.25 bits per heavy atom. The maximum Gasteiger partial charge on any atom is 0.108 e. The standard InChI is InChI=1S/C6H13O9P/c7-3(1-5(9)10)6(11)4(8)2-15-16(12,13)14/h3-4,6-8,11H,1-2H2,(H,9,10)(H2,12,13,14)/p-3/t3-,4-,6+/m1/s1. The summed E-state index contributed by atoms with van der Waals surface area (Å²) in [7, 11) is -5.30. The molecule has 16 heavy (non-hydrogen) atoms. The summed E-state index contributed by atoms with van der Waals surface area (Å²) in [5.74, 6) is -1.67. The third kappa shape index (κ3) is 6.85. The van der Waals surface area contributed by atoms with Crippen LogP contribution in [0.1, 0.15) is 6.42 Å². The highest BCUT2D eigenvalue weighted by Crippen LogP contribution is 2.24. The van der Waals surface area contributed by atoms with Crippen molar-refractivity contribution >= 4 is 13.8 Å². The fourth-order valence-corrected chi connectivity index (χ4v) is 1.15. The quantitative estimate of drug-likeness (QED) is 0.377. The lowest BCUT2D eigenvalue weighted by atomic mass is 10.1. The molecule has 0 spiro atoms. The van der Waals surface area contributed by atoms with Gasteiger partial charge in [-0.05, 0) is 0 Å². The van der Waals surface area contributed by atoms with E-state index in [4.69, 9.17) is 15.3 Å². The molecule has 0 aliphatic carbocycles. The van der Waals surface area contributed by atoms with Crippen molar-refractivity contribution in [3.63, 3.8) is 0 Å². The third-order valence-corrected chi connectivity index (χ3v) is 2.03. The number of aliphatic carboxylic acids is 1. The van der Waals surface area contributed by atoms with Crippen LogP contribution in [-0.2, 0) is 13.9 Å². The van der Waals surface area contributed by atoms with Crippen molar-refractivity contribution in [1.82, 2.24) is 0 Å². The van der Waals surface area contributed by atoms with Crippen LogP contribution in [0.4, 0.5) is 0 Å². The van der Waals surface area contributed by atoms with E-state index >= 15 is 0 Å². The average Bonchev–Trinajstić information content (AvgIpc) is 2.10. The van der Waals surface area contributed by atoms with E-state index in [0.717, 1.165) is 0 Å². The van der Waals surface area contributed by atoms with Crippen molar-refractivity contribution in [3.8, 4) is 0 Å². The van der Waals surface area contributed by atoms with E-state index in [9.17, 15) is 24.3 Å². The number of rotatable bonds is 7. The Balaban J connectivity index is 4.12. The van der Waals surface area contributed by atoms with Crippen LogP contribution in [0.15, 0.2) is 0 Å². The number of phosphoric acid groups is 1. The molecule has 0 amide bonds. The van der Waals surface area contributed by atoms with Gasteiger partial charge in [-0.3, -0.25) is 0 Å². The largest absolute Gasteiger partial charge is 0.790 e. The maximum atomic E-state index is 10.0. The third-order valence-electron chi connectivity index (χ3n) is 1.57. The highest BCUT2D eigenvalue weighted by atomic mass is 31.2. The van der Waals surface area contributed by atoms with E-state index in [1.807, 2.05) is 0 Å². The summed E-state index contributed by atoms with van der Waals surface area (Å²) in [6.45, 7) is -1.07. The van der Waals surface area contributed by atoms with E-state index in [-0.39, 0.29) is 0 Å². The number of carbonyl (C=O) groups excluding carboxylic acids is 1. The van der Waals surface area contributed by atoms with Gasteiger partial charge in [0.25, 0.3) is 0 Å². The number of aliphatic hydroxyl groups excluding tert-OH is 3. The van der Waals surface area contributed by atoms with Crippen molar-refractivity contribution in [2.45, 2.75) is 24.7 Å². The second-order valence-corrected chi connectivity index (χ2v) is 4.10. The Bertz CT molecular complexity index is 273. The SMILES string of the molecule is O=C([O-])C[C@@H](O)[C@H](O)[C@H](O)COP(=O)([O-])[O-]. The minimum Gasteiger partial charge on any atom is -0.790 e. The number of hydrogen-bond donors (Lipinski definition) is 3. The molecule has 0 saturated heterocycles. The average molecular weight is 257 g/mol. The number of hydrogen-bond acceptors (Lipinski definition) is 9. The summed E-state index contributed by atoms with van der Waals surface area (Å²) in [6, 6.07) is 0. The molecule has 0 heterocycles. The Morgan fingerprint density at radius 3 is 2.12 bits per heavy atom. The summed E-state index contributed by atoms with van der Waals surface area (Å²) >= 11 is 0. The predicted octanol–water partition coefficient (Wildman–Crippen LogP) is -4.95. The Kier molecular flexibility index (Phi) is 6.05. The molecule has 96 valence electrons. The van der Waals surface area contributed by atoms with E-state index < -0.39 is 45.1 Å². The molecule has 0 bridgehead atoms. The topological polar surface area (TPSA) is 173 Å². The summed E-state index contributed by atoms with van der Waals surface area (Å²) < 4.78 is 13.6. The van der Waals surface area contributed by atoms with Gasteiger partial charge in [0.15, 0.2) is 0 Å². The van der Waals surface area contributed by atoms with Crippen LogP contribution in [-0.4, -0.2) is 46.2 Å². The molecular formula is C6H10O9P-3. The molecule has 0 fully saturated rings. The van der Waals surface area contributed by atoms with Gasteiger partial charge in [0.05, 0.1) is 20.5 Å². The molecule has 0 rings (SSSR count). The second-order valence-electron chi connectivity index (χ2n) is 2.94. The minimum absolute atomic E-state index is 0.954. The number of aliphatic hydroxyl groups is 3. The second kappa shape index (κ2) is 6.26. The molecule has 0 unspecified atom stereocenters. The molecule has 0 saturated carbocycles. The van der Waals surface area contributed by atoms with Crippen LogP contribution in [0.3, 0.4) is 0 Å². The predicted molar refractivity (Wildman–Crippen MR) is 41.2 cm³/mol. The smallest absolute Gasteiger partial charge is 0.108 e. The summed E-state index contributed by atoms with van der Waals surface area (Å²) in [6.07, 6.45) is -6.69. The Hall–Kier alpha value is -0.540. The summed E-state index contributed by atoms with van der Waals surface area (Å²) in [4.78, 5) is 30.0. The number of carbonyl (C=O) groups is 1. The monoisotopic (exact) mass is 257 g/mol. The first kappa shape index (κ1) is 15.5. The van der Waals surface area contributed by atoms with Crippen LogP contribution in [0.5, 0.6) is 0 Å². The van der Waals surface area contributed by atoms with E-state index in [1.165, 1.54) is 0 Å². The van der Waals surface area contributed by atoms with Crippen molar-refractivity contribution < 1.29 is 44.1 Å². The molecule has 3 N–H and O–H groups in total. The van der Waals surface area contributed by atoms with Crippen LogP contribution in [0.2, 0.25) is 0 Å². The van der Waals surface area contributed by atoms with Gasteiger partial charge in [0, 0.05) is 12.4 Å². The zero-order valence-electron chi connectivity index (χ0n) is 7.88. The lowest BCUT2D eigenvalue weighted by Gasteiger charge is -2.31. The molecule has 0 aromatic rings. The highest BCUT2D eigenvalue weighted by molar-refractivity contribution is 7.43. The number of carboxylic acids is 1. The fourth-order valence-electron chi connectivity index (χ4n) is 0.814. The van der Waals surface area contributed by atoms with Crippen LogP contribution >= 0.6 is 7.82 Å². The molecule has 10 heteroatoms. The van der Waals surface area contributed by atoms with Gasteiger partial charge in [-0.1, -0.05) is 0 Å². The molecule has 9 nitrogen and oxygen atoms in total. The van der Waals surface area contributed by atoms with Crippen molar-refractivity contribution in [3.05, 3.63) is 0 Å². The molecular weight excluding hydrogens is 247 g/mol. The molecule has 0 aromatic heterocycles. The van der Waals surface area contributed by atoms with E-state index in [0.29, 0.717) is 0 Å². The molecule has 0 aromatic carbocycles. The molecule has 0 radical (unpaired) electrons. The summed E-state index contributed by atoms with van der Waals surface area (Å²) in [5.41, 5.74) is 0. The van der Waals surface area contributed by atoms with Crippen LogP contribution in [0, 0.1) is 0 Å². The lowest BCUT2D eigenvalue weighted by molar-refractivity contribution is -0.343. The van der Waals surface area contributed by atoms with Crippen LogP contribution in [0.25, 0.3) is 0 Å².